The van der Waals surface area contributed by atoms with Crippen LogP contribution in [0.1, 0.15) is 42.7 Å². The lowest BCUT2D eigenvalue weighted by Crippen LogP contribution is -2.15. The average Bonchev–Trinajstić information content (AvgIpc) is 3.66. The fourth-order valence-electron chi connectivity index (χ4n) is 5.01. The van der Waals surface area contributed by atoms with Gasteiger partial charge in [0.25, 0.3) is 0 Å². The van der Waals surface area contributed by atoms with Gasteiger partial charge in [-0.15, -0.1) is 0 Å². The number of anilines is 1. The molecule has 0 radical (unpaired) electrons. The van der Waals surface area contributed by atoms with E-state index in [2.05, 4.69) is 33.5 Å². The van der Waals surface area contributed by atoms with E-state index in [4.69, 9.17) is 0 Å². The van der Waals surface area contributed by atoms with E-state index in [9.17, 15) is 10.1 Å². The second kappa shape index (κ2) is 5.64. The number of carbonyl (C=O) groups is 1. The normalized spacial score (nSPS) is 28.0. The van der Waals surface area contributed by atoms with Crippen LogP contribution in [0.3, 0.4) is 0 Å². The number of aromatic nitrogens is 2. The first-order valence-electron chi connectivity index (χ1n) is 10.2. The lowest BCUT2D eigenvalue weighted by atomic mass is 9.92. The van der Waals surface area contributed by atoms with Crippen LogP contribution in [0.2, 0.25) is 0 Å². The summed E-state index contributed by atoms with van der Waals surface area (Å²) in [6.07, 6.45) is 9.50. The molecule has 1 spiro atoms. The molecule has 1 aromatic carbocycles. The first-order valence-corrected chi connectivity index (χ1v) is 10.2. The maximum absolute atomic E-state index is 12.7. The molecule has 3 aliphatic carbocycles. The van der Waals surface area contributed by atoms with Crippen LogP contribution in [0.25, 0.3) is 10.8 Å². The molecule has 3 fully saturated rings. The molecule has 29 heavy (non-hydrogen) atoms. The van der Waals surface area contributed by atoms with Gasteiger partial charge in [0.2, 0.25) is 5.91 Å². The van der Waals surface area contributed by atoms with Crippen LogP contribution in [-0.4, -0.2) is 15.9 Å². The van der Waals surface area contributed by atoms with Crippen LogP contribution < -0.4 is 5.32 Å². The van der Waals surface area contributed by atoms with Crippen molar-refractivity contribution in [2.45, 2.75) is 37.0 Å². The summed E-state index contributed by atoms with van der Waals surface area (Å²) in [5.41, 5.74) is 2.21. The van der Waals surface area contributed by atoms with Gasteiger partial charge in [0.15, 0.2) is 0 Å². The molecule has 6 rings (SSSR count). The van der Waals surface area contributed by atoms with E-state index in [-0.39, 0.29) is 28.6 Å². The Morgan fingerprint density at radius 1 is 1.14 bits per heavy atom. The van der Waals surface area contributed by atoms with Gasteiger partial charge < -0.3 is 5.32 Å². The summed E-state index contributed by atoms with van der Waals surface area (Å²) in [7, 11) is 0. The molecule has 1 amide bonds. The van der Waals surface area contributed by atoms with Crippen molar-refractivity contribution in [1.82, 2.24) is 9.97 Å². The molecule has 3 saturated carbocycles. The number of nitriles is 1. The average molecular weight is 380 g/mol. The highest BCUT2D eigenvalue weighted by molar-refractivity contribution is 5.96. The molecule has 5 heteroatoms. The molecule has 0 bridgehead atoms. The van der Waals surface area contributed by atoms with E-state index < -0.39 is 0 Å². The zero-order valence-electron chi connectivity index (χ0n) is 15.9. The van der Waals surface area contributed by atoms with Gasteiger partial charge in [-0.3, -0.25) is 9.78 Å². The first-order chi connectivity index (χ1) is 14.1. The largest absolute Gasteiger partial charge is 0.310 e. The zero-order chi connectivity index (χ0) is 19.6. The molecule has 0 saturated heterocycles. The minimum absolute atomic E-state index is 0.00993. The molecule has 1 N–H and O–H groups in total. The fraction of sp³-hybridized carbons (Fsp3) is 0.333. The molecule has 3 atom stereocenters. The van der Waals surface area contributed by atoms with E-state index in [1.54, 1.807) is 18.6 Å². The third kappa shape index (κ3) is 2.49. The second-order valence-electron chi connectivity index (χ2n) is 8.82. The Hall–Kier alpha value is -3.26. The Morgan fingerprint density at radius 2 is 1.97 bits per heavy atom. The predicted octanol–water partition coefficient (Wildman–Crippen LogP) is 4.32. The van der Waals surface area contributed by atoms with Crippen LogP contribution in [-0.2, 0) is 10.2 Å². The van der Waals surface area contributed by atoms with E-state index in [1.807, 2.05) is 24.3 Å². The summed E-state index contributed by atoms with van der Waals surface area (Å²) in [6.45, 7) is 0. The van der Waals surface area contributed by atoms with Crippen molar-refractivity contribution in [3.8, 4) is 6.07 Å². The summed E-state index contributed by atoms with van der Waals surface area (Å²) in [6, 6.07) is 14.7. The first kappa shape index (κ1) is 16.7. The van der Waals surface area contributed by atoms with Gasteiger partial charge in [0, 0.05) is 29.9 Å². The van der Waals surface area contributed by atoms with Crippen LogP contribution in [0.4, 0.5) is 5.82 Å². The topological polar surface area (TPSA) is 78.7 Å². The Balaban J connectivity index is 1.23. The van der Waals surface area contributed by atoms with Crippen molar-refractivity contribution in [2.24, 2.45) is 11.3 Å². The number of hydrogen-bond donors (Lipinski definition) is 1. The van der Waals surface area contributed by atoms with Gasteiger partial charge in [-0.05, 0) is 77.8 Å². The second-order valence-corrected chi connectivity index (χ2v) is 8.82. The Bertz CT molecular complexity index is 1190. The molecule has 142 valence electrons. The van der Waals surface area contributed by atoms with Gasteiger partial charge in [-0.25, -0.2) is 4.98 Å². The van der Waals surface area contributed by atoms with Gasteiger partial charge in [0.05, 0.1) is 11.5 Å². The van der Waals surface area contributed by atoms with Crippen LogP contribution in [0, 0.1) is 22.7 Å². The molecule has 0 unspecified atom stereocenters. The highest BCUT2D eigenvalue weighted by Gasteiger charge is 2.75. The molecular formula is C24H20N4O. The molecular weight excluding hydrogens is 360 g/mol. The number of amides is 1. The molecule has 2 heterocycles. The lowest BCUT2D eigenvalue weighted by molar-refractivity contribution is -0.117. The molecule has 3 aromatic rings. The van der Waals surface area contributed by atoms with Crippen molar-refractivity contribution in [1.29, 1.82) is 5.26 Å². The molecule has 0 aliphatic heterocycles. The highest BCUT2D eigenvalue weighted by atomic mass is 16.2. The van der Waals surface area contributed by atoms with Crippen LogP contribution >= 0.6 is 0 Å². The maximum Gasteiger partial charge on any atom is 0.229 e. The number of carbonyl (C=O) groups excluding carboxylic acids is 1. The highest BCUT2D eigenvalue weighted by Crippen LogP contribution is 2.78. The monoisotopic (exact) mass is 380 g/mol. The molecule has 5 nitrogen and oxygen atoms in total. The lowest BCUT2D eigenvalue weighted by Gasteiger charge is -2.11. The zero-order valence-corrected chi connectivity index (χ0v) is 15.9. The van der Waals surface area contributed by atoms with E-state index >= 15 is 0 Å². The summed E-state index contributed by atoms with van der Waals surface area (Å²) >= 11 is 0. The van der Waals surface area contributed by atoms with Crippen molar-refractivity contribution < 1.29 is 4.79 Å². The van der Waals surface area contributed by atoms with Gasteiger partial charge >= 0.3 is 0 Å². The number of pyridine rings is 2. The number of benzene rings is 1. The summed E-state index contributed by atoms with van der Waals surface area (Å²) < 4.78 is 0. The third-order valence-corrected chi connectivity index (χ3v) is 7.16. The summed E-state index contributed by atoms with van der Waals surface area (Å²) in [5.74, 6) is 0.847. The quantitative estimate of drug-likeness (QED) is 0.731. The number of fused-ring (bicyclic) bond motifs is 1. The number of rotatable bonds is 4. The van der Waals surface area contributed by atoms with Gasteiger partial charge in [-0.1, -0.05) is 12.1 Å². The number of nitrogens with zero attached hydrogens (tertiary/aromatic N) is 3. The minimum Gasteiger partial charge on any atom is -0.310 e. The van der Waals surface area contributed by atoms with E-state index in [0.29, 0.717) is 5.82 Å². The number of nitrogens with one attached hydrogen (secondary N) is 1. The standard InChI is InChI=1S/C24H20N4O/c25-14-24(13-23(24)5-6-23)18-2-1-16-12-27-21(10-17(16)9-18)28-22(29)20-11-19(20)15-3-7-26-8-4-15/h1-4,7-10,12,19-20H,5-6,11,13H2,(H,27,28,29)/t19-,20+,24-/m0/s1. The van der Waals surface area contributed by atoms with Gasteiger partial charge in [0.1, 0.15) is 5.82 Å². The molecule has 2 aromatic heterocycles. The van der Waals surface area contributed by atoms with E-state index in [0.717, 1.165) is 47.6 Å². The third-order valence-electron chi connectivity index (χ3n) is 7.16. The Morgan fingerprint density at radius 3 is 2.69 bits per heavy atom. The van der Waals surface area contributed by atoms with Crippen LogP contribution in [0.5, 0.6) is 0 Å². The minimum atomic E-state index is -0.306. The fourth-order valence-corrected chi connectivity index (χ4v) is 5.01. The molecule has 3 aliphatic rings. The Labute approximate surface area is 168 Å². The van der Waals surface area contributed by atoms with Crippen LogP contribution in [0.15, 0.2) is 55.0 Å². The van der Waals surface area contributed by atoms with Gasteiger partial charge in [-0.2, -0.15) is 5.26 Å². The smallest absolute Gasteiger partial charge is 0.229 e. The maximum atomic E-state index is 12.7. The predicted molar refractivity (Wildman–Crippen MR) is 109 cm³/mol. The van der Waals surface area contributed by atoms with Crippen molar-refractivity contribution in [3.05, 3.63) is 66.1 Å². The summed E-state index contributed by atoms with van der Waals surface area (Å²) in [5, 5.41) is 14.8. The van der Waals surface area contributed by atoms with E-state index in [1.165, 1.54) is 0 Å². The van der Waals surface area contributed by atoms with Crippen molar-refractivity contribution in [2.75, 3.05) is 5.32 Å². The number of hydrogen-bond acceptors (Lipinski definition) is 4. The summed E-state index contributed by atoms with van der Waals surface area (Å²) in [4.78, 5) is 21.1. The van der Waals surface area contributed by atoms with Crippen molar-refractivity contribution in [3.63, 3.8) is 0 Å². The van der Waals surface area contributed by atoms with Crippen molar-refractivity contribution >= 4 is 22.5 Å². The SMILES string of the molecule is N#C[C@]1(c2ccc3cnc(NC(=O)[C@@H]4C[C@H]4c4ccncc4)cc3c2)CC12CC2. The Kier molecular flexibility index (Phi) is 3.24.